The van der Waals surface area contributed by atoms with E-state index in [4.69, 9.17) is 4.74 Å². The summed E-state index contributed by atoms with van der Waals surface area (Å²) in [5.74, 6) is 0.596. The second kappa shape index (κ2) is 8.71. The highest BCUT2D eigenvalue weighted by Gasteiger charge is 1.97. The highest BCUT2D eigenvalue weighted by molar-refractivity contribution is 5.13. The molecule has 1 nitrogen and oxygen atoms in total. The van der Waals surface area contributed by atoms with Crippen molar-refractivity contribution in [1.29, 1.82) is 0 Å². The molecule has 0 radical (unpaired) electrons. The molecule has 0 heterocycles. The van der Waals surface area contributed by atoms with Crippen LogP contribution in [0.2, 0.25) is 0 Å². The van der Waals surface area contributed by atoms with Gasteiger partial charge in [0.05, 0.1) is 13.2 Å². The quantitative estimate of drug-likeness (QED) is 0.473. The van der Waals surface area contributed by atoms with Crippen LogP contribution in [0.5, 0.6) is 0 Å². The molecule has 1 aromatic rings. The first-order valence-electron chi connectivity index (χ1n) is 6.62. The molecule has 0 amide bonds. The summed E-state index contributed by atoms with van der Waals surface area (Å²) < 4.78 is 5.63. The molecule has 0 aliphatic heterocycles. The van der Waals surface area contributed by atoms with Gasteiger partial charge in [0.2, 0.25) is 0 Å². The topological polar surface area (TPSA) is 9.23 Å². The van der Waals surface area contributed by atoms with Crippen molar-refractivity contribution < 1.29 is 4.74 Å². The zero-order chi connectivity index (χ0) is 13.2. The molecular weight excluding hydrogens is 220 g/mol. The maximum absolute atomic E-state index is 5.63. The monoisotopic (exact) mass is 244 g/mol. The van der Waals surface area contributed by atoms with Gasteiger partial charge >= 0.3 is 0 Å². The van der Waals surface area contributed by atoms with Crippen molar-refractivity contribution in [3.63, 3.8) is 0 Å². The smallest absolute Gasteiger partial charge is 0.0721 e. The Morgan fingerprint density at radius 1 is 1.33 bits per heavy atom. The second-order valence-corrected chi connectivity index (χ2v) is 4.80. The number of hydrogen-bond donors (Lipinski definition) is 0. The van der Waals surface area contributed by atoms with Crippen LogP contribution in [0.3, 0.4) is 0 Å². The van der Waals surface area contributed by atoms with Gasteiger partial charge in [-0.05, 0) is 31.2 Å². The Morgan fingerprint density at radius 2 is 2.06 bits per heavy atom. The maximum atomic E-state index is 5.63. The van der Waals surface area contributed by atoms with Crippen LogP contribution in [0.1, 0.15) is 32.3 Å². The first kappa shape index (κ1) is 14.7. The van der Waals surface area contributed by atoms with Gasteiger partial charge in [0.1, 0.15) is 0 Å². The lowest BCUT2D eigenvalue weighted by Crippen LogP contribution is -1.94. The summed E-state index contributed by atoms with van der Waals surface area (Å²) in [7, 11) is 0. The van der Waals surface area contributed by atoms with Crippen molar-refractivity contribution in [2.75, 3.05) is 6.61 Å². The highest BCUT2D eigenvalue weighted by Crippen LogP contribution is 2.12. The minimum atomic E-state index is 0.596. The molecule has 1 atom stereocenters. The predicted molar refractivity (Wildman–Crippen MR) is 78.5 cm³/mol. The molecule has 1 rings (SSSR count). The summed E-state index contributed by atoms with van der Waals surface area (Å²) in [5.41, 5.74) is 2.63. The van der Waals surface area contributed by atoms with E-state index in [9.17, 15) is 0 Å². The lowest BCUT2D eigenvalue weighted by atomic mass is 10.0. The molecule has 1 unspecified atom stereocenters. The summed E-state index contributed by atoms with van der Waals surface area (Å²) in [6.07, 6.45) is 6.49. The van der Waals surface area contributed by atoms with Crippen molar-refractivity contribution in [2.45, 2.75) is 33.3 Å². The summed E-state index contributed by atoms with van der Waals surface area (Å²) in [6.45, 7) is 9.56. The number of rotatable bonds is 8. The number of allylic oxidation sites excluding steroid dienone is 2. The van der Waals surface area contributed by atoms with Crippen molar-refractivity contribution >= 4 is 0 Å². The van der Waals surface area contributed by atoms with Gasteiger partial charge in [-0.3, -0.25) is 0 Å². The fourth-order valence-corrected chi connectivity index (χ4v) is 1.63. The van der Waals surface area contributed by atoms with E-state index in [1.54, 1.807) is 0 Å². The fourth-order valence-electron chi connectivity index (χ4n) is 1.63. The summed E-state index contributed by atoms with van der Waals surface area (Å²) in [5, 5.41) is 0. The zero-order valence-corrected chi connectivity index (χ0v) is 11.6. The molecule has 0 saturated heterocycles. The first-order valence-corrected chi connectivity index (χ1v) is 6.62. The molecule has 0 saturated carbocycles. The van der Waals surface area contributed by atoms with Gasteiger partial charge in [-0.1, -0.05) is 55.0 Å². The third-order valence-corrected chi connectivity index (χ3v) is 3.06. The van der Waals surface area contributed by atoms with Gasteiger partial charge in [0, 0.05) is 0 Å². The van der Waals surface area contributed by atoms with Crippen LogP contribution in [0.25, 0.3) is 0 Å². The normalized spacial score (nSPS) is 13.3. The van der Waals surface area contributed by atoms with Gasteiger partial charge in [-0.25, -0.2) is 0 Å². The van der Waals surface area contributed by atoms with Crippen LogP contribution >= 0.6 is 0 Å². The average Bonchev–Trinajstić information content (AvgIpc) is 2.42. The summed E-state index contributed by atoms with van der Waals surface area (Å²) in [4.78, 5) is 0. The van der Waals surface area contributed by atoms with Crippen LogP contribution < -0.4 is 0 Å². The molecule has 0 aliphatic carbocycles. The van der Waals surface area contributed by atoms with Gasteiger partial charge in [-0.15, -0.1) is 6.58 Å². The molecule has 18 heavy (non-hydrogen) atoms. The van der Waals surface area contributed by atoms with E-state index in [0.29, 0.717) is 19.1 Å². The summed E-state index contributed by atoms with van der Waals surface area (Å²) in [6, 6.07) is 10.3. The second-order valence-electron chi connectivity index (χ2n) is 4.80. The van der Waals surface area contributed by atoms with Crippen LogP contribution in [0, 0.1) is 5.92 Å². The SMILES string of the molecule is C=CC(C)CCC(C)=CCOCc1ccccc1. The van der Waals surface area contributed by atoms with E-state index < -0.39 is 0 Å². The molecule has 1 aromatic carbocycles. The molecule has 1 heteroatoms. The molecule has 98 valence electrons. The van der Waals surface area contributed by atoms with E-state index in [1.165, 1.54) is 17.6 Å². The van der Waals surface area contributed by atoms with E-state index in [1.807, 2.05) is 24.3 Å². The molecule has 0 fully saturated rings. The molecule has 0 aromatic heterocycles. The summed E-state index contributed by atoms with van der Waals surface area (Å²) >= 11 is 0. The molecule has 0 bridgehead atoms. The van der Waals surface area contributed by atoms with Gasteiger partial charge in [0.15, 0.2) is 0 Å². The lowest BCUT2D eigenvalue weighted by molar-refractivity contribution is 0.148. The Balaban J connectivity index is 2.17. The predicted octanol–water partition coefficient (Wildman–Crippen LogP) is 4.75. The standard InChI is InChI=1S/C17H24O/c1-4-15(2)10-11-16(3)12-13-18-14-17-8-6-5-7-9-17/h4-9,12,15H,1,10-11,13-14H2,2-3H3. The van der Waals surface area contributed by atoms with Crippen LogP contribution in [0.15, 0.2) is 54.6 Å². The Bertz CT molecular complexity index is 364. The number of hydrogen-bond acceptors (Lipinski definition) is 1. The van der Waals surface area contributed by atoms with Crippen LogP contribution in [0.4, 0.5) is 0 Å². The molecule has 0 N–H and O–H groups in total. The maximum Gasteiger partial charge on any atom is 0.0721 e. The molecule has 0 aliphatic rings. The minimum absolute atomic E-state index is 0.596. The van der Waals surface area contributed by atoms with E-state index in [0.717, 1.165) is 6.42 Å². The van der Waals surface area contributed by atoms with Crippen LogP contribution in [-0.4, -0.2) is 6.61 Å². The number of benzene rings is 1. The van der Waals surface area contributed by atoms with Crippen molar-refractivity contribution in [2.24, 2.45) is 5.92 Å². The third kappa shape index (κ3) is 6.41. The third-order valence-electron chi connectivity index (χ3n) is 3.06. The molecule has 0 spiro atoms. The van der Waals surface area contributed by atoms with Crippen molar-refractivity contribution in [1.82, 2.24) is 0 Å². The zero-order valence-electron chi connectivity index (χ0n) is 11.6. The highest BCUT2D eigenvalue weighted by atomic mass is 16.5. The first-order chi connectivity index (χ1) is 8.72. The van der Waals surface area contributed by atoms with E-state index in [2.05, 4.69) is 38.6 Å². The Kier molecular flexibility index (Phi) is 7.12. The largest absolute Gasteiger partial charge is 0.373 e. The number of ether oxygens (including phenoxy) is 1. The van der Waals surface area contributed by atoms with Crippen molar-refractivity contribution in [3.8, 4) is 0 Å². The van der Waals surface area contributed by atoms with Crippen LogP contribution in [-0.2, 0) is 11.3 Å². The van der Waals surface area contributed by atoms with E-state index in [-0.39, 0.29) is 0 Å². The van der Waals surface area contributed by atoms with Gasteiger partial charge in [-0.2, -0.15) is 0 Å². The Labute approximate surface area is 111 Å². The van der Waals surface area contributed by atoms with Crippen molar-refractivity contribution in [3.05, 3.63) is 60.2 Å². The van der Waals surface area contributed by atoms with Gasteiger partial charge in [0.25, 0.3) is 0 Å². The fraction of sp³-hybridized carbons (Fsp3) is 0.412. The van der Waals surface area contributed by atoms with Gasteiger partial charge < -0.3 is 4.74 Å². The lowest BCUT2D eigenvalue weighted by Gasteiger charge is -2.06. The average molecular weight is 244 g/mol. The van der Waals surface area contributed by atoms with E-state index >= 15 is 0 Å². The molecular formula is C17H24O. The Morgan fingerprint density at radius 3 is 2.72 bits per heavy atom. The minimum Gasteiger partial charge on any atom is -0.373 e. The Hall–Kier alpha value is -1.34.